The van der Waals surface area contributed by atoms with Crippen LogP contribution >= 0.6 is 31.9 Å². The normalized spacial score (nSPS) is 10.9. The van der Waals surface area contributed by atoms with Gasteiger partial charge in [0.2, 0.25) is 0 Å². The number of aromatic amines is 1. The van der Waals surface area contributed by atoms with Gasteiger partial charge in [-0.1, -0.05) is 0 Å². The molecule has 0 aliphatic rings. The van der Waals surface area contributed by atoms with Gasteiger partial charge in [-0.05, 0) is 44.0 Å². The number of rotatable bonds is 2. The molecular weight excluding hydrogens is 338 g/mol. The monoisotopic (exact) mass is 345 g/mol. The Kier molecular flexibility index (Phi) is 3.47. The highest BCUT2D eigenvalue weighted by atomic mass is 79.9. The van der Waals surface area contributed by atoms with Crippen LogP contribution in [0.4, 0.5) is 0 Å². The van der Waals surface area contributed by atoms with Crippen LogP contribution in [0.5, 0.6) is 0 Å². The third-order valence-corrected chi connectivity index (χ3v) is 3.56. The van der Waals surface area contributed by atoms with E-state index < -0.39 is 0 Å². The first-order valence-electron chi connectivity index (χ1n) is 4.62. The molecule has 0 bridgehead atoms. The van der Waals surface area contributed by atoms with Crippen LogP contribution < -0.4 is 5.43 Å². The van der Waals surface area contributed by atoms with Crippen LogP contribution in [-0.4, -0.2) is 12.1 Å². The van der Waals surface area contributed by atoms with Gasteiger partial charge in [0.05, 0.1) is 17.5 Å². The number of hydrogen-bond donors (Lipinski definition) is 1. The molecule has 0 radical (unpaired) electrons. The number of aromatic nitrogens is 1. The fraction of sp³-hybridized carbons (Fsp3) is 0.182. The summed E-state index contributed by atoms with van der Waals surface area (Å²) in [5.41, 5.74) is 1.53. The smallest absolute Gasteiger partial charge is 0.190 e. The molecule has 0 aliphatic heterocycles. The number of H-pyrrole nitrogens is 1. The zero-order valence-electron chi connectivity index (χ0n) is 8.51. The maximum Gasteiger partial charge on any atom is 0.190 e. The van der Waals surface area contributed by atoms with Crippen molar-refractivity contribution in [3.63, 3.8) is 0 Å². The van der Waals surface area contributed by atoms with Crippen molar-refractivity contribution in [1.29, 1.82) is 0 Å². The fourth-order valence-electron chi connectivity index (χ4n) is 1.58. The molecule has 84 valence electrons. The second kappa shape index (κ2) is 4.69. The first kappa shape index (κ1) is 11.8. The van der Waals surface area contributed by atoms with Crippen LogP contribution in [0.15, 0.2) is 31.9 Å². The van der Waals surface area contributed by atoms with Crippen LogP contribution in [0.3, 0.4) is 0 Å². The van der Waals surface area contributed by atoms with Crippen molar-refractivity contribution in [2.24, 2.45) is 0 Å². The van der Waals surface area contributed by atoms with Crippen LogP contribution in [0.25, 0.3) is 10.9 Å². The van der Waals surface area contributed by atoms with E-state index >= 15 is 0 Å². The Morgan fingerprint density at radius 1 is 1.31 bits per heavy atom. The molecule has 0 spiro atoms. The molecule has 0 atom stereocenters. The van der Waals surface area contributed by atoms with Gasteiger partial charge in [0, 0.05) is 27.8 Å². The van der Waals surface area contributed by atoms with Gasteiger partial charge in [0.25, 0.3) is 0 Å². The number of fused-ring (bicyclic) bond motifs is 1. The summed E-state index contributed by atoms with van der Waals surface area (Å²) >= 11 is 6.79. The summed E-state index contributed by atoms with van der Waals surface area (Å²) in [6.07, 6.45) is 0. The average molecular weight is 347 g/mol. The van der Waals surface area contributed by atoms with Crippen molar-refractivity contribution in [1.82, 2.24) is 4.98 Å². The lowest BCUT2D eigenvalue weighted by molar-refractivity contribution is 0.181. The molecule has 0 unspecified atom stereocenters. The van der Waals surface area contributed by atoms with E-state index in [0.29, 0.717) is 12.0 Å². The molecule has 1 aromatic carbocycles. The summed E-state index contributed by atoms with van der Waals surface area (Å²) in [6, 6.07) is 5.29. The van der Waals surface area contributed by atoms with E-state index in [1.807, 2.05) is 12.1 Å². The number of nitrogens with one attached hydrogen (secondary N) is 1. The molecule has 0 amide bonds. The third-order valence-electron chi connectivity index (χ3n) is 2.24. The van der Waals surface area contributed by atoms with E-state index in [4.69, 9.17) is 4.74 Å². The second-order valence-corrected chi connectivity index (χ2v) is 5.08. The highest BCUT2D eigenvalue weighted by molar-refractivity contribution is 9.11. The molecule has 3 nitrogen and oxygen atoms in total. The Morgan fingerprint density at radius 2 is 2.00 bits per heavy atom. The van der Waals surface area contributed by atoms with Crippen molar-refractivity contribution >= 4 is 42.8 Å². The molecule has 0 saturated heterocycles. The van der Waals surface area contributed by atoms with Crippen LogP contribution in [0.1, 0.15) is 5.69 Å². The van der Waals surface area contributed by atoms with E-state index in [9.17, 15) is 4.79 Å². The third kappa shape index (κ3) is 2.07. The van der Waals surface area contributed by atoms with E-state index in [-0.39, 0.29) is 5.43 Å². The van der Waals surface area contributed by atoms with Crippen molar-refractivity contribution < 1.29 is 4.74 Å². The maximum atomic E-state index is 11.9. The maximum absolute atomic E-state index is 11.9. The van der Waals surface area contributed by atoms with E-state index in [2.05, 4.69) is 36.8 Å². The predicted octanol–water partition coefficient (Wildman–Crippen LogP) is 3.20. The SMILES string of the molecule is COCc1cc(=O)c2c(Br)ccc(Br)c2[nH]1. The fourth-order valence-corrected chi connectivity index (χ4v) is 2.53. The molecular formula is C11H9Br2NO2. The van der Waals surface area contributed by atoms with E-state index in [1.165, 1.54) is 0 Å². The minimum atomic E-state index is -0.0195. The lowest BCUT2D eigenvalue weighted by Gasteiger charge is -2.06. The molecule has 1 aromatic heterocycles. The Labute approximate surface area is 109 Å². The highest BCUT2D eigenvalue weighted by Crippen LogP contribution is 2.26. The van der Waals surface area contributed by atoms with Gasteiger partial charge in [0.15, 0.2) is 5.43 Å². The van der Waals surface area contributed by atoms with E-state index in [1.54, 1.807) is 13.2 Å². The molecule has 2 rings (SSSR count). The molecule has 0 fully saturated rings. The number of halogens is 2. The molecule has 2 aromatic rings. The Balaban J connectivity index is 2.81. The average Bonchev–Trinajstić information content (AvgIpc) is 2.23. The number of hydrogen-bond acceptors (Lipinski definition) is 2. The van der Waals surface area contributed by atoms with E-state index in [0.717, 1.165) is 20.2 Å². The van der Waals surface area contributed by atoms with Crippen LogP contribution in [0.2, 0.25) is 0 Å². The summed E-state index contributed by atoms with van der Waals surface area (Å²) in [7, 11) is 1.60. The predicted molar refractivity (Wildman–Crippen MR) is 70.7 cm³/mol. The molecule has 1 heterocycles. The minimum Gasteiger partial charge on any atom is -0.378 e. The van der Waals surface area contributed by atoms with Gasteiger partial charge in [-0.15, -0.1) is 0 Å². The van der Waals surface area contributed by atoms with Gasteiger partial charge in [-0.3, -0.25) is 4.79 Å². The zero-order chi connectivity index (χ0) is 11.7. The Morgan fingerprint density at radius 3 is 2.69 bits per heavy atom. The van der Waals surface area contributed by atoms with Crippen molar-refractivity contribution in [2.45, 2.75) is 6.61 Å². The molecule has 1 N–H and O–H groups in total. The molecule has 5 heteroatoms. The van der Waals surface area contributed by atoms with Crippen LogP contribution in [0, 0.1) is 0 Å². The summed E-state index contributed by atoms with van der Waals surface area (Å²) < 4.78 is 6.65. The Hall–Kier alpha value is -0.650. The number of benzene rings is 1. The largest absolute Gasteiger partial charge is 0.378 e. The lowest BCUT2D eigenvalue weighted by atomic mass is 10.2. The molecule has 0 saturated carbocycles. The van der Waals surface area contributed by atoms with Crippen molar-refractivity contribution in [2.75, 3.05) is 7.11 Å². The summed E-state index contributed by atoms with van der Waals surface area (Å²) in [5.74, 6) is 0. The summed E-state index contributed by atoms with van der Waals surface area (Å²) in [5, 5.41) is 0.647. The summed E-state index contributed by atoms with van der Waals surface area (Å²) in [4.78, 5) is 15.1. The van der Waals surface area contributed by atoms with Crippen molar-refractivity contribution in [3.8, 4) is 0 Å². The second-order valence-electron chi connectivity index (χ2n) is 3.37. The first-order valence-corrected chi connectivity index (χ1v) is 6.21. The topological polar surface area (TPSA) is 42.1 Å². The van der Waals surface area contributed by atoms with Crippen LogP contribution in [-0.2, 0) is 11.3 Å². The minimum absolute atomic E-state index is 0.0195. The van der Waals surface area contributed by atoms with Gasteiger partial charge in [-0.25, -0.2) is 0 Å². The Bertz CT molecular complexity index is 592. The highest BCUT2D eigenvalue weighted by Gasteiger charge is 2.08. The molecule has 0 aliphatic carbocycles. The summed E-state index contributed by atoms with van der Waals surface area (Å²) in [6.45, 7) is 0.393. The first-order chi connectivity index (χ1) is 7.63. The van der Waals surface area contributed by atoms with Gasteiger partial charge >= 0.3 is 0 Å². The zero-order valence-corrected chi connectivity index (χ0v) is 11.7. The number of pyridine rings is 1. The lowest BCUT2D eigenvalue weighted by Crippen LogP contribution is -2.06. The van der Waals surface area contributed by atoms with Crippen molar-refractivity contribution in [3.05, 3.63) is 43.1 Å². The standard InChI is InChI=1S/C11H9Br2NO2/c1-16-5-6-4-9(15)10-7(12)2-3-8(13)11(10)14-6/h2-4H,5H2,1H3,(H,14,15). The number of methoxy groups -OCH3 is 1. The van der Waals surface area contributed by atoms with Gasteiger partial charge in [-0.2, -0.15) is 0 Å². The quantitative estimate of drug-likeness (QED) is 0.907. The molecule has 16 heavy (non-hydrogen) atoms. The number of ether oxygens (including phenoxy) is 1. The van der Waals surface area contributed by atoms with Gasteiger partial charge < -0.3 is 9.72 Å². The van der Waals surface area contributed by atoms with Gasteiger partial charge in [0.1, 0.15) is 0 Å².